The average Bonchev–Trinajstić information content (AvgIpc) is 2.69. The van der Waals surface area contributed by atoms with E-state index in [0.717, 1.165) is 16.8 Å². The maximum Gasteiger partial charge on any atom is 0.344 e. The van der Waals surface area contributed by atoms with Crippen LogP contribution in [0, 0.1) is 0 Å². The number of carbonyl (C=O) groups is 2. The zero-order valence-corrected chi connectivity index (χ0v) is 17.8. The zero-order chi connectivity index (χ0) is 21.4. The largest absolute Gasteiger partial charge is 0.482 e. The van der Waals surface area contributed by atoms with Gasteiger partial charge in [-0.25, -0.2) is 4.79 Å². The SMILES string of the molecule is CN(C)c1ccc(CNC(=O)COC(=O)COc2ccccc2C(C)(C)C)cc1. The molecule has 156 valence electrons. The summed E-state index contributed by atoms with van der Waals surface area (Å²) in [6, 6.07) is 15.4. The molecule has 0 heterocycles. The molecule has 29 heavy (non-hydrogen) atoms. The van der Waals surface area contributed by atoms with E-state index in [1.165, 1.54) is 0 Å². The number of nitrogens with zero attached hydrogens (tertiary/aromatic N) is 1. The third-order valence-electron chi connectivity index (χ3n) is 4.35. The van der Waals surface area contributed by atoms with Crippen LogP contribution < -0.4 is 15.0 Å². The highest BCUT2D eigenvalue weighted by Gasteiger charge is 2.19. The molecule has 0 spiro atoms. The van der Waals surface area contributed by atoms with Crippen LogP contribution in [0.15, 0.2) is 48.5 Å². The second-order valence-corrected chi connectivity index (χ2v) is 8.03. The lowest BCUT2D eigenvalue weighted by atomic mass is 9.86. The Morgan fingerprint density at radius 3 is 2.24 bits per heavy atom. The molecule has 6 nitrogen and oxygen atoms in total. The number of ether oxygens (including phenoxy) is 2. The number of esters is 1. The highest BCUT2D eigenvalue weighted by molar-refractivity contribution is 5.80. The van der Waals surface area contributed by atoms with Crippen LogP contribution in [0.2, 0.25) is 0 Å². The Morgan fingerprint density at radius 2 is 1.62 bits per heavy atom. The standard InChI is InChI=1S/C23H30N2O4/c1-23(2,3)19-8-6-7-9-20(19)28-16-22(27)29-15-21(26)24-14-17-10-12-18(13-11-17)25(4)5/h6-13H,14-16H2,1-5H3,(H,24,26). The molecule has 0 aliphatic carbocycles. The minimum Gasteiger partial charge on any atom is -0.482 e. The van der Waals surface area contributed by atoms with Crippen LogP contribution in [-0.2, 0) is 26.3 Å². The van der Waals surface area contributed by atoms with Crippen molar-refractivity contribution >= 4 is 17.6 Å². The number of amides is 1. The highest BCUT2D eigenvalue weighted by atomic mass is 16.6. The van der Waals surface area contributed by atoms with Gasteiger partial charge in [-0.05, 0) is 34.7 Å². The van der Waals surface area contributed by atoms with Gasteiger partial charge in [0.1, 0.15) is 5.75 Å². The van der Waals surface area contributed by atoms with Gasteiger partial charge in [-0.15, -0.1) is 0 Å². The van der Waals surface area contributed by atoms with Gasteiger partial charge in [-0.1, -0.05) is 51.1 Å². The molecule has 6 heteroatoms. The van der Waals surface area contributed by atoms with E-state index in [2.05, 4.69) is 26.1 Å². The first-order valence-corrected chi connectivity index (χ1v) is 9.57. The van der Waals surface area contributed by atoms with Crippen LogP contribution in [0.4, 0.5) is 5.69 Å². The van der Waals surface area contributed by atoms with E-state index >= 15 is 0 Å². The number of rotatable bonds is 8. The smallest absolute Gasteiger partial charge is 0.344 e. The van der Waals surface area contributed by atoms with Crippen molar-refractivity contribution in [1.29, 1.82) is 0 Å². The summed E-state index contributed by atoms with van der Waals surface area (Å²) in [7, 11) is 3.94. The van der Waals surface area contributed by atoms with Crippen LogP contribution >= 0.6 is 0 Å². The number of nitrogens with one attached hydrogen (secondary N) is 1. The van der Waals surface area contributed by atoms with Crippen molar-refractivity contribution < 1.29 is 19.1 Å². The van der Waals surface area contributed by atoms with E-state index in [1.54, 1.807) is 0 Å². The minimum absolute atomic E-state index is 0.106. The molecule has 1 amide bonds. The summed E-state index contributed by atoms with van der Waals surface area (Å²) in [5, 5.41) is 2.74. The van der Waals surface area contributed by atoms with Gasteiger partial charge in [0, 0.05) is 26.3 Å². The second-order valence-electron chi connectivity index (χ2n) is 8.03. The van der Waals surface area contributed by atoms with Gasteiger partial charge in [0.2, 0.25) is 0 Å². The lowest BCUT2D eigenvalue weighted by molar-refractivity contribution is -0.150. The molecule has 0 unspecified atom stereocenters. The van der Waals surface area contributed by atoms with Crippen LogP contribution in [0.1, 0.15) is 31.9 Å². The number of carbonyl (C=O) groups excluding carboxylic acids is 2. The summed E-state index contributed by atoms with van der Waals surface area (Å²) < 4.78 is 10.6. The number of benzene rings is 2. The molecule has 0 saturated carbocycles. The van der Waals surface area contributed by atoms with Gasteiger partial charge in [0.15, 0.2) is 13.2 Å². The monoisotopic (exact) mass is 398 g/mol. The Kier molecular flexibility index (Phi) is 7.65. The fourth-order valence-electron chi connectivity index (χ4n) is 2.70. The number of anilines is 1. The lowest BCUT2D eigenvalue weighted by Crippen LogP contribution is -2.29. The zero-order valence-electron chi connectivity index (χ0n) is 17.8. The van der Waals surface area contributed by atoms with E-state index < -0.39 is 5.97 Å². The predicted octanol–water partition coefficient (Wildman–Crippen LogP) is 3.29. The van der Waals surface area contributed by atoms with Crippen molar-refractivity contribution in [3.05, 3.63) is 59.7 Å². The first-order valence-electron chi connectivity index (χ1n) is 9.57. The Hall–Kier alpha value is -3.02. The molecule has 0 aliphatic heterocycles. The molecular weight excluding hydrogens is 368 g/mol. The van der Waals surface area contributed by atoms with Gasteiger partial charge < -0.3 is 19.7 Å². The second kappa shape index (κ2) is 9.96. The normalized spacial score (nSPS) is 10.9. The molecule has 2 aromatic carbocycles. The van der Waals surface area contributed by atoms with Crippen molar-refractivity contribution in [2.75, 3.05) is 32.2 Å². The molecule has 0 aliphatic rings. The van der Waals surface area contributed by atoms with Crippen molar-refractivity contribution in [3.8, 4) is 5.75 Å². The van der Waals surface area contributed by atoms with E-state index in [0.29, 0.717) is 12.3 Å². The highest BCUT2D eigenvalue weighted by Crippen LogP contribution is 2.30. The summed E-state index contributed by atoms with van der Waals surface area (Å²) >= 11 is 0. The maximum atomic E-state index is 11.9. The number of hydrogen-bond donors (Lipinski definition) is 1. The third kappa shape index (κ3) is 7.14. The number of para-hydroxylation sites is 1. The molecule has 0 bridgehead atoms. The fourth-order valence-corrected chi connectivity index (χ4v) is 2.70. The summed E-state index contributed by atoms with van der Waals surface area (Å²) in [6.45, 7) is 6.02. The van der Waals surface area contributed by atoms with Crippen molar-refractivity contribution in [2.45, 2.75) is 32.7 Å². The summed E-state index contributed by atoms with van der Waals surface area (Å²) in [6.07, 6.45) is 0. The molecule has 0 aromatic heterocycles. The van der Waals surface area contributed by atoms with Gasteiger partial charge in [0.25, 0.3) is 5.91 Å². The van der Waals surface area contributed by atoms with Gasteiger partial charge in [-0.3, -0.25) is 4.79 Å². The molecule has 0 atom stereocenters. The lowest BCUT2D eigenvalue weighted by Gasteiger charge is -2.22. The molecule has 0 saturated heterocycles. The maximum absolute atomic E-state index is 11.9. The van der Waals surface area contributed by atoms with E-state index in [-0.39, 0.29) is 24.5 Å². The first kappa shape index (κ1) is 22.3. The van der Waals surface area contributed by atoms with Gasteiger partial charge >= 0.3 is 5.97 Å². The third-order valence-corrected chi connectivity index (χ3v) is 4.35. The molecule has 0 fully saturated rings. The Bertz CT molecular complexity index is 824. The van der Waals surface area contributed by atoms with Crippen molar-refractivity contribution in [3.63, 3.8) is 0 Å². The summed E-state index contributed by atoms with van der Waals surface area (Å²) in [5.74, 6) is -0.299. The first-order chi connectivity index (χ1) is 13.7. The Balaban J connectivity index is 1.74. The molecule has 1 N–H and O–H groups in total. The quantitative estimate of drug-likeness (QED) is 0.691. The minimum atomic E-state index is -0.584. The van der Waals surface area contributed by atoms with Gasteiger partial charge in [0.05, 0.1) is 0 Å². The molecule has 2 rings (SSSR count). The Labute approximate surface area is 172 Å². The van der Waals surface area contributed by atoms with E-state index in [1.807, 2.05) is 67.5 Å². The van der Waals surface area contributed by atoms with Crippen LogP contribution in [0.5, 0.6) is 5.75 Å². The summed E-state index contributed by atoms with van der Waals surface area (Å²) in [5.41, 5.74) is 2.95. The average molecular weight is 399 g/mol. The molecular formula is C23H30N2O4. The summed E-state index contributed by atoms with van der Waals surface area (Å²) in [4.78, 5) is 25.8. The van der Waals surface area contributed by atoms with Crippen LogP contribution in [-0.4, -0.2) is 39.2 Å². The van der Waals surface area contributed by atoms with E-state index in [4.69, 9.17) is 9.47 Å². The molecule has 0 radical (unpaired) electrons. The number of hydrogen-bond acceptors (Lipinski definition) is 5. The van der Waals surface area contributed by atoms with Crippen LogP contribution in [0.3, 0.4) is 0 Å². The van der Waals surface area contributed by atoms with Crippen molar-refractivity contribution in [1.82, 2.24) is 5.32 Å². The Morgan fingerprint density at radius 1 is 0.966 bits per heavy atom. The predicted molar refractivity (Wildman–Crippen MR) is 114 cm³/mol. The van der Waals surface area contributed by atoms with Crippen molar-refractivity contribution in [2.24, 2.45) is 0 Å². The van der Waals surface area contributed by atoms with E-state index in [9.17, 15) is 9.59 Å². The van der Waals surface area contributed by atoms with Crippen LogP contribution in [0.25, 0.3) is 0 Å². The van der Waals surface area contributed by atoms with Gasteiger partial charge in [-0.2, -0.15) is 0 Å². The molecule has 2 aromatic rings. The fraction of sp³-hybridized carbons (Fsp3) is 0.391. The topological polar surface area (TPSA) is 67.9 Å².